The normalized spacial score (nSPS) is 11.4. The lowest BCUT2D eigenvalue weighted by molar-refractivity contribution is -0.137. The summed E-state index contributed by atoms with van der Waals surface area (Å²) in [7, 11) is 0. The average Bonchev–Trinajstić information content (AvgIpc) is 3.31. The fourth-order valence-electron chi connectivity index (χ4n) is 3.57. The van der Waals surface area contributed by atoms with E-state index in [2.05, 4.69) is 4.98 Å². The first kappa shape index (κ1) is 25.1. The molecule has 0 aliphatic rings. The summed E-state index contributed by atoms with van der Waals surface area (Å²) in [6, 6.07) is 9.64. The first-order chi connectivity index (χ1) is 17.1. The molecule has 3 aromatic heterocycles. The third kappa shape index (κ3) is 4.99. The lowest BCUT2D eigenvalue weighted by Gasteiger charge is -2.17. The van der Waals surface area contributed by atoms with Crippen LogP contribution in [0.25, 0.3) is 21.7 Å². The molecule has 5 nitrogen and oxygen atoms in total. The van der Waals surface area contributed by atoms with Gasteiger partial charge in [-0.1, -0.05) is 6.07 Å². The largest absolute Gasteiger partial charge is 0.478 e. The van der Waals surface area contributed by atoms with Gasteiger partial charge in [-0.05, 0) is 42.1 Å². The highest BCUT2D eigenvalue weighted by Gasteiger charge is 2.36. The van der Waals surface area contributed by atoms with Crippen LogP contribution in [-0.4, -0.2) is 16.2 Å². The van der Waals surface area contributed by atoms with Gasteiger partial charge in [-0.3, -0.25) is 4.79 Å². The van der Waals surface area contributed by atoms with Crippen LogP contribution in [0.4, 0.5) is 22.0 Å². The lowest BCUT2D eigenvalue weighted by atomic mass is 10.1. The monoisotopic (exact) mass is 517 g/mol. The number of aromatic nitrogens is 2. The molecule has 0 N–H and O–H groups in total. The number of hydrogen-bond donors (Lipinski definition) is 0. The number of alkyl halides is 3. The molecule has 0 bridgehead atoms. The van der Waals surface area contributed by atoms with E-state index in [4.69, 9.17) is 4.74 Å². The van der Waals surface area contributed by atoms with Gasteiger partial charge < -0.3 is 9.30 Å². The van der Waals surface area contributed by atoms with Crippen molar-refractivity contribution in [3.63, 3.8) is 0 Å². The highest BCUT2D eigenvalue weighted by atomic mass is 32.1. The van der Waals surface area contributed by atoms with Gasteiger partial charge in [0.05, 0.1) is 29.3 Å². The van der Waals surface area contributed by atoms with Crippen LogP contribution >= 0.6 is 11.3 Å². The minimum atomic E-state index is -4.97. The van der Waals surface area contributed by atoms with E-state index in [1.54, 1.807) is 23.6 Å². The second-order valence-electron chi connectivity index (χ2n) is 7.57. The molecular formula is C25H16F5N3O2S. The Bertz CT molecular complexity index is 1520. The number of hydrogen-bond acceptors (Lipinski definition) is 5. The van der Waals surface area contributed by atoms with Crippen LogP contribution in [0.5, 0.6) is 5.88 Å². The van der Waals surface area contributed by atoms with Gasteiger partial charge in [0.1, 0.15) is 23.3 Å². The van der Waals surface area contributed by atoms with Gasteiger partial charge in [0, 0.05) is 29.5 Å². The van der Waals surface area contributed by atoms with Crippen LogP contribution in [0.1, 0.15) is 23.6 Å². The molecule has 184 valence electrons. The maximum absolute atomic E-state index is 14.4. The topological polar surface area (TPSA) is 67.9 Å². The van der Waals surface area contributed by atoms with E-state index >= 15 is 0 Å². The van der Waals surface area contributed by atoms with Crippen molar-refractivity contribution >= 4 is 11.3 Å². The van der Waals surface area contributed by atoms with Gasteiger partial charge in [0.2, 0.25) is 5.88 Å². The van der Waals surface area contributed by atoms with Crippen LogP contribution in [0.3, 0.4) is 0 Å². The lowest BCUT2D eigenvalue weighted by Crippen LogP contribution is -2.28. The summed E-state index contributed by atoms with van der Waals surface area (Å²) in [5, 5.41) is 11.0. The number of thiophene rings is 1. The number of ether oxygens (including phenoxy) is 1. The second-order valence-corrected chi connectivity index (χ2v) is 8.48. The zero-order valence-corrected chi connectivity index (χ0v) is 19.4. The Labute approximate surface area is 205 Å². The van der Waals surface area contributed by atoms with E-state index < -0.39 is 41.0 Å². The predicted octanol–water partition coefficient (Wildman–Crippen LogP) is 6.25. The fraction of sp³-hybridized carbons (Fsp3) is 0.160. The summed E-state index contributed by atoms with van der Waals surface area (Å²) >= 11 is 1.06. The number of benzene rings is 1. The number of pyridine rings is 2. The number of halogens is 5. The molecule has 0 unspecified atom stereocenters. The molecule has 0 aliphatic heterocycles. The van der Waals surface area contributed by atoms with Gasteiger partial charge in [0.25, 0.3) is 5.56 Å². The Kier molecular flexibility index (Phi) is 6.90. The van der Waals surface area contributed by atoms with Gasteiger partial charge in [-0.2, -0.15) is 18.4 Å². The summed E-state index contributed by atoms with van der Waals surface area (Å²) in [6.07, 6.45) is -3.43. The molecule has 4 aromatic rings. The zero-order chi connectivity index (χ0) is 26.0. The van der Waals surface area contributed by atoms with Crippen LogP contribution in [0.15, 0.2) is 58.8 Å². The highest BCUT2D eigenvalue weighted by Crippen LogP contribution is 2.37. The van der Waals surface area contributed by atoms with Gasteiger partial charge >= 0.3 is 6.18 Å². The minimum Gasteiger partial charge on any atom is -0.478 e. The maximum atomic E-state index is 14.4. The van der Waals surface area contributed by atoms with Crippen molar-refractivity contribution in [3.8, 4) is 33.6 Å². The summed E-state index contributed by atoms with van der Waals surface area (Å²) in [6.45, 7) is 1.73. The molecule has 0 aliphatic carbocycles. The molecule has 0 radical (unpaired) electrons. The number of nitrogens with zero attached hydrogens (tertiary/aromatic N) is 3. The van der Waals surface area contributed by atoms with Crippen molar-refractivity contribution in [1.82, 2.24) is 9.55 Å². The minimum absolute atomic E-state index is 0.129. The average molecular weight is 517 g/mol. The van der Waals surface area contributed by atoms with Crippen molar-refractivity contribution in [2.24, 2.45) is 0 Å². The highest BCUT2D eigenvalue weighted by molar-refractivity contribution is 7.14. The first-order valence-electron chi connectivity index (χ1n) is 10.5. The van der Waals surface area contributed by atoms with E-state index in [0.717, 1.165) is 28.0 Å². The second kappa shape index (κ2) is 9.91. The van der Waals surface area contributed by atoms with E-state index in [1.165, 1.54) is 12.3 Å². The van der Waals surface area contributed by atoms with Crippen LogP contribution in [0, 0.1) is 23.0 Å². The smallest absolute Gasteiger partial charge is 0.417 e. The van der Waals surface area contributed by atoms with Gasteiger partial charge in [0.15, 0.2) is 0 Å². The molecular weight excluding hydrogens is 501 g/mol. The van der Waals surface area contributed by atoms with Crippen LogP contribution in [0.2, 0.25) is 0 Å². The summed E-state index contributed by atoms with van der Waals surface area (Å²) in [4.78, 5) is 17.5. The van der Waals surface area contributed by atoms with Crippen LogP contribution < -0.4 is 10.3 Å². The standard InChI is InChI=1S/C25H16F5N3O2S/c1-2-35-23-6-4-14(11-32-23)16-7-22(36-13-16)21-9-19(25(28,29)30)18(10-31)24(34)33(21)12-15-3-5-17(26)8-20(15)27/h3-9,11,13H,2,12H2,1H3. The molecule has 0 fully saturated rings. The van der Waals surface area contributed by atoms with E-state index in [1.807, 2.05) is 6.92 Å². The quantitative estimate of drug-likeness (QED) is 0.284. The molecule has 0 amide bonds. The molecule has 36 heavy (non-hydrogen) atoms. The van der Waals surface area contributed by atoms with Crippen molar-refractivity contribution in [2.75, 3.05) is 6.61 Å². The SMILES string of the molecule is CCOc1ccc(-c2csc(-c3cc(C(F)(F)F)c(C#N)c(=O)n3Cc3ccc(F)cc3F)c2)cn1. The number of rotatable bonds is 6. The summed E-state index contributed by atoms with van der Waals surface area (Å²) in [5.74, 6) is -1.41. The van der Waals surface area contributed by atoms with Crippen molar-refractivity contribution in [1.29, 1.82) is 5.26 Å². The Morgan fingerprint density at radius 2 is 1.89 bits per heavy atom. The number of nitriles is 1. The third-order valence-electron chi connectivity index (χ3n) is 5.27. The van der Waals surface area contributed by atoms with E-state index in [-0.39, 0.29) is 16.1 Å². The van der Waals surface area contributed by atoms with Crippen molar-refractivity contribution in [3.05, 3.63) is 92.7 Å². The Balaban J connectivity index is 1.87. The molecule has 1 aromatic carbocycles. The first-order valence-corrected chi connectivity index (χ1v) is 11.4. The van der Waals surface area contributed by atoms with Crippen LogP contribution in [-0.2, 0) is 12.7 Å². The summed E-state index contributed by atoms with van der Waals surface area (Å²) in [5.41, 5.74) is -2.75. The molecule has 11 heteroatoms. The maximum Gasteiger partial charge on any atom is 0.417 e. The molecule has 0 atom stereocenters. The molecule has 0 spiro atoms. The third-order valence-corrected chi connectivity index (χ3v) is 6.23. The summed E-state index contributed by atoms with van der Waals surface area (Å²) < 4.78 is 75.1. The molecule has 4 rings (SSSR count). The van der Waals surface area contributed by atoms with Gasteiger partial charge in [-0.25, -0.2) is 13.8 Å². The Hall–Kier alpha value is -4.04. The van der Waals surface area contributed by atoms with Gasteiger partial charge in [-0.15, -0.1) is 11.3 Å². The Morgan fingerprint density at radius 1 is 1.11 bits per heavy atom. The molecule has 0 saturated heterocycles. The molecule has 0 saturated carbocycles. The zero-order valence-electron chi connectivity index (χ0n) is 18.6. The Morgan fingerprint density at radius 3 is 2.50 bits per heavy atom. The predicted molar refractivity (Wildman–Crippen MR) is 124 cm³/mol. The van der Waals surface area contributed by atoms with E-state index in [9.17, 15) is 32.0 Å². The van der Waals surface area contributed by atoms with Crippen molar-refractivity contribution < 1.29 is 26.7 Å². The van der Waals surface area contributed by atoms with Crippen molar-refractivity contribution in [2.45, 2.75) is 19.6 Å². The van der Waals surface area contributed by atoms with E-state index in [0.29, 0.717) is 35.7 Å². The molecule has 3 heterocycles. The fourth-order valence-corrected chi connectivity index (χ4v) is 4.51.